The average molecular weight is 367 g/mol. The molecule has 27 heavy (non-hydrogen) atoms. The van der Waals surface area contributed by atoms with Crippen molar-refractivity contribution < 1.29 is 14.3 Å². The molecule has 6 nitrogen and oxygen atoms in total. The fraction of sp³-hybridized carbons (Fsp3) is 0.381. The van der Waals surface area contributed by atoms with Gasteiger partial charge in [0.15, 0.2) is 0 Å². The second-order valence-electron chi connectivity index (χ2n) is 6.67. The number of nitrogens with one attached hydrogen (secondary N) is 1. The monoisotopic (exact) mass is 367 g/mol. The van der Waals surface area contributed by atoms with Crippen LogP contribution in [-0.2, 0) is 4.74 Å². The van der Waals surface area contributed by atoms with Gasteiger partial charge in [-0.3, -0.25) is 14.6 Å². The Morgan fingerprint density at radius 1 is 1.15 bits per heavy atom. The highest BCUT2D eigenvalue weighted by Gasteiger charge is 2.19. The maximum absolute atomic E-state index is 12.6. The van der Waals surface area contributed by atoms with Crippen molar-refractivity contribution in [3.8, 4) is 0 Å². The number of carbonyl (C=O) groups is 2. The Kier molecular flexibility index (Phi) is 6.19. The van der Waals surface area contributed by atoms with Gasteiger partial charge in [0.25, 0.3) is 11.8 Å². The zero-order chi connectivity index (χ0) is 19.2. The number of pyridine rings is 1. The highest BCUT2D eigenvalue weighted by atomic mass is 16.5. The zero-order valence-corrected chi connectivity index (χ0v) is 15.8. The van der Waals surface area contributed by atoms with Gasteiger partial charge in [0.05, 0.1) is 24.9 Å². The largest absolute Gasteiger partial charge is 0.378 e. The van der Waals surface area contributed by atoms with Crippen LogP contribution in [0.4, 0.5) is 0 Å². The van der Waals surface area contributed by atoms with Crippen LogP contribution in [0.1, 0.15) is 51.4 Å². The van der Waals surface area contributed by atoms with E-state index in [1.807, 2.05) is 26.0 Å². The molecule has 0 aliphatic carbocycles. The predicted molar refractivity (Wildman–Crippen MR) is 103 cm³/mol. The van der Waals surface area contributed by atoms with E-state index in [4.69, 9.17) is 4.74 Å². The van der Waals surface area contributed by atoms with Crippen molar-refractivity contribution in [2.45, 2.75) is 26.3 Å². The lowest BCUT2D eigenvalue weighted by Gasteiger charge is -2.26. The lowest BCUT2D eigenvalue weighted by Crippen LogP contribution is -2.40. The predicted octanol–water partition coefficient (Wildman–Crippen LogP) is 2.74. The Balaban J connectivity index is 1.67. The summed E-state index contributed by atoms with van der Waals surface area (Å²) >= 11 is 0. The molecule has 1 aromatic carbocycles. The van der Waals surface area contributed by atoms with Crippen molar-refractivity contribution >= 4 is 11.8 Å². The minimum absolute atomic E-state index is 0.0272. The summed E-state index contributed by atoms with van der Waals surface area (Å²) in [6, 6.07) is 10.6. The van der Waals surface area contributed by atoms with E-state index in [9.17, 15) is 9.59 Å². The summed E-state index contributed by atoms with van der Waals surface area (Å²) in [4.78, 5) is 31.2. The number of rotatable bonds is 5. The molecule has 2 aromatic rings. The summed E-state index contributed by atoms with van der Waals surface area (Å²) in [5.41, 5.74) is 3.07. The molecule has 0 bridgehead atoms. The lowest BCUT2D eigenvalue weighted by molar-refractivity contribution is 0.0303. The maximum Gasteiger partial charge on any atom is 0.254 e. The normalized spacial score (nSPS) is 15.3. The molecule has 6 heteroatoms. The van der Waals surface area contributed by atoms with E-state index in [0.29, 0.717) is 37.4 Å². The molecule has 1 aliphatic rings. The molecule has 2 heterocycles. The number of aromatic nitrogens is 1. The number of amides is 2. The molecule has 1 atom stereocenters. The molecule has 1 unspecified atom stereocenters. The Bertz CT molecular complexity index is 799. The first kappa shape index (κ1) is 19.0. The summed E-state index contributed by atoms with van der Waals surface area (Å²) in [7, 11) is 0. The number of ether oxygens (including phenoxy) is 1. The van der Waals surface area contributed by atoms with Crippen LogP contribution in [0.3, 0.4) is 0 Å². The van der Waals surface area contributed by atoms with E-state index >= 15 is 0 Å². The summed E-state index contributed by atoms with van der Waals surface area (Å²) in [5, 5.41) is 3.03. The molecular formula is C21H25N3O3. The highest BCUT2D eigenvalue weighted by Crippen LogP contribution is 2.17. The summed E-state index contributed by atoms with van der Waals surface area (Å²) in [5.74, 6) is -0.198. The van der Waals surface area contributed by atoms with E-state index in [1.54, 1.807) is 35.4 Å². The van der Waals surface area contributed by atoms with Crippen molar-refractivity contribution in [2.75, 3.05) is 26.3 Å². The lowest BCUT2D eigenvalue weighted by atomic mass is 10.1. The van der Waals surface area contributed by atoms with Gasteiger partial charge in [-0.2, -0.15) is 0 Å². The van der Waals surface area contributed by atoms with Gasteiger partial charge in [0.1, 0.15) is 0 Å². The zero-order valence-electron chi connectivity index (χ0n) is 15.8. The number of morpholine rings is 1. The Morgan fingerprint density at radius 2 is 1.81 bits per heavy atom. The van der Waals surface area contributed by atoms with E-state index < -0.39 is 0 Å². The summed E-state index contributed by atoms with van der Waals surface area (Å²) < 4.78 is 5.28. The molecule has 1 aliphatic heterocycles. The van der Waals surface area contributed by atoms with Gasteiger partial charge >= 0.3 is 0 Å². The molecule has 142 valence electrons. The van der Waals surface area contributed by atoms with Crippen LogP contribution in [0.25, 0.3) is 0 Å². The smallest absolute Gasteiger partial charge is 0.254 e. The van der Waals surface area contributed by atoms with Crippen LogP contribution < -0.4 is 5.32 Å². The topological polar surface area (TPSA) is 71.5 Å². The maximum atomic E-state index is 12.6. The number of benzene rings is 1. The van der Waals surface area contributed by atoms with Crippen LogP contribution in [0, 0.1) is 6.92 Å². The van der Waals surface area contributed by atoms with Gasteiger partial charge in [-0.1, -0.05) is 6.92 Å². The number of aryl methyl sites for hydroxylation is 1. The number of hydrogen-bond acceptors (Lipinski definition) is 4. The van der Waals surface area contributed by atoms with Gasteiger partial charge in [-0.05, 0) is 55.3 Å². The van der Waals surface area contributed by atoms with Crippen LogP contribution in [0.2, 0.25) is 0 Å². The fourth-order valence-electron chi connectivity index (χ4n) is 3.09. The van der Waals surface area contributed by atoms with E-state index in [1.165, 1.54) is 0 Å². The third-order valence-corrected chi connectivity index (χ3v) is 4.70. The summed E-state index contributed by atoms with van der Waals surface area (Å²) in [6.07, 6.45) is 2.50. The van der Waals surface area contributed by atoms with Crippen molar-refractivity contribution in [2.24, 2.45) is 0 Å². The molecule has 0 spiro atoms. The Labute approximate surface area is 159 Å². The van der Waals surface area contributed by atoms with Crippen LogP contribution in [0.5, 0.6) is 0 Å². The van der Waals surface area contributed by atoms with Crippen molar-refractivity contribution in [1.82, 2.24) is 15.2 Å². The fourth-order valence-corrected chi connectivity index (χ4v) is 3.09. The summed E-state index contributed by atoms with van der Waals surface area (Å²) in [6.45, 7) is 6.35. The third kappa shape index (κ3) is 4.71. The molecule has 0 radical (unpaired) electrons. The molecule has 1 saturated heterocycles. The van der Waals surface area contributed by atoms with E-state index in [2.05, 4.69) is 10.3 Å². The molecule has 1 fully saturated rings. The molecule has 1 aromatic heterocycles. The van der Waals surface area contributed by atoms with Gasteiger partial charge in [0.2, 0.25) is 0 Å². The standard InChI is InChI=1S/C21H25N3O3/c1-3-18(19-14-15(2)8-9-22-19)23-20(25)16-4-6-17(7-5-16)21(26)24-10-12-27-13-11-24/h4-9,14,18H,3,10-13H2,1-2H3,(H,23,25). The van der Waals surface area contributed by atoms with Crippen LogP contribution in [-0.4, -0.2) is 48.0 Å². The number of nitrogens with zero attached hydrogens (tertiary/aromatic N) is 2. The number of hydrogen-bond donors (Lipinski definition) is 1. The second-order valence-corrected chi connectivity index (χ2v) is 6.67. The minimum Gasteiger partial charge on any atom is -0.378 e. The minimum atomic E-state index is -0.171. The molecular weight excluding hydrogens is 342 g/mol. The SMILES string of the molecule is CCC(NC(=O)c1ccc(C(=O)N2CCOCC2)cc1)c1cc(C)ccn1. The first-order valence-electron chi connectivity index (χ1n) is 9.29. The highest BCUT2D eigenvalue weighted by molar-refractivity contribution is 5.98. The first-order valence-corrected chi connectivity index (χ1v) is 9.29. The average Bonchev–Trinajstić information content (AvgIpc) is 2.72. The number of carbonyl (C=O) groups excluding carboxylic acids is 2. The van der Waals surface area contributed by atoms with Gasteiger partial charge in [-0.25, -0.2) is 0 Å². The molecule has 0 saturated carbocycles. The van der Waals surface area contributed by atoms with E-state index in [0.717, 1.165) is 17.7 Å². The van der Waals surface area contributed by atoms with Crippen LogP contribution in [0.15, 0.2) is 42.6 Å². The quantitative estimate of drug-likeness (QED) is 0.882. The van der Waals surface area contributed by atoms with E-state index in [-0.39, 0.29) is 17.9 Å². The molecule has 3 rings (SSSR count). The Hall–Kier alpha value is -2.73. The van der Waals surface area contributed by atoms with Crippen molar-refractivity contribution in [1.29, 1.82) is 0 Å². The first-order chi connectivity index (χ1) is 13.1. The van der Waals surface area contributed by atoms with Gasteiger partial charge in [0, 0.05) is 30.4 Å². The van der Waals surface area contributed by atoms with Gasteiger partial charge < -0.3 is 15.0 Å². The second kappa shape index (κ2) is 8.77. The third-order valence-electron chi connectivity index (χ3n) is 4.70. The van der Waals surface area contributed by atoms with Gasteiger partial charge in [-0.15, -0.1) is 0 Å². The van der Waals surface area contributed by atoms with Crippen LogP contribution >= 0.6 is 0 Å². The van der Waals surface area contributed by atoms with Crippen molar-refractivity contribution in [3.63, 3.8) is 0 Å². The molecule has 1 N–H and O–H groups in total. The Morgan fingerprint density at radius 3 is 2.44 bits per heavy atom. The molecule has 2 amide bonds. The van der Waals surface area contributed by atoms with Crippen molar-refractivity contribution in [3.05, 3.63) is 65.0 Å².